The summed E-state index contributed by atoms with van der Waals surface area (Å²) in [7, 11) is 0. The first-order valence-corrected chi connectivity index (χ1v) is 12.8. The van der Waals surface area contributed by atoms with Crippen molar-refractivity contribution in [1.29, 1.82) is 0 Å². The Labute approximate surface area is 229 Å². The van der Waals surface area contributed by atoms with Crippen LogP contribution in [0.5, 0.6) is 0 Å². The monoisotopic (exact) mass is 529 g/mol. The second-order valence-corrected chi connectivity index (χ2v) is 9.66. The van der Waals surface area contributed by atoms with Crippen LogP contribution in [-0.2, 0) is 13.0 Å². The molecule has 0 saturated heterocycles. The number of carboxylic acids is 1. The standard InChI is InChI=1S/C33H24FN3O3/c34-29-13-11-24(12-14-29)28-17-30(32(38)35-18-21-5-9-25(10-6-21)33(39)40)31-27(19-36-37(31)20-28)16-22-7-8-23-3-1-2-4-26(23)15-22/h1-15,17,19-20H,16,18H2,(H,35,38)(H,39,40). The van der Waals surface area contributed by atoms with Crippen molar-refractivity contribution in [1.82, 2.24) is 14.9 Å². The molecular weight excluding hydrogens is 505 g/mol. The summed E-state index contributed by atoms with van der Waals surface area (Å²) < 4.78 is 15.3. The molecule has 6 nitrogen and oxygen atoms in total. The zero-order valence-electron chi connectivity index (χ0n) is 21.3. The minimum Gasteiger partial charge on any atom is -0.478 e. The Hall–Kier alpha value is -5.30. The second kappa shape index (κ2) is 10.5. The van der Waals surface area contributed by atoms with Crippen LogP contribution in [0.4, 0.5) is 4.39 Å². The van der Waals surface area contributed by atoms with Crippen molar-refractivity contribution in [3.63, 3.8) is 0 Å². The molecule has 0 bridgehead atoms. The fourth-order valence-corrected chi connectivity index (χ4v) is 4.90. The molecule has 6 rings (SSSR count). The van der Waals surface area contributed by atoms with Gasteiger partial charge < -0.3 is 10.4 Å². The number of rotatable bonds is 7. The average Bonchev–Trinajstić information content (AvgIpc) is 3.38. The van der Waals surface area contributed by atoms with Gasteiger partial charge in [-0.25, -0.2) is 13.7 Å². The van der Waals surface area contributed by atoms with E-state index in [1.54, 1.807) is 41.0 Å². The summed E-state index contributed by atoms with van der Waals surface area (Å²) in [4.78, 5) is 24.8. The number of hydrogen-bond donors (Lipinski definition) is 2. The summed E-state index contributed by atoms with van der Waals surface area (Å²) in [5.74, 6) is -1.64. The number of benzene rings is 4. The van der Waals surface area contributed by atoms with Crippen molar-refractivity contribution in [2.24, 2.45) is 0 Å². The number of carbonyl (C=O) groups is 2. The number of halogens is 1. The van der Waals surface area contributed by atoms with Crippen LogP contribution in [0.2, 0.25) is 0 Å². The highest BCUT2D eigenvalue weighted by Crippen LogP contribution is 2.27. The maximum atomic E-state index is 13.6. The minimum atomic E-state index is -1.00. The molecule has 0 aliphatic carbocycles. The molecular formula is C33H24FN3O3. The first-order valence-electron chi connectivity index (χ1n) is 12.8. The van der Waals surface area contributed by atoms with Crippen molar-refractivity contribution >= 4 is 28.2 Å². The van der Waals surface area contributed by atoms with Gasteiger partial charge in [0.2, 0.25) is 0 Å². The molecule has 0 fully saturated rings. The Morgan fingerprint density at radius 1 is 0.825 bits per heavy atom. The third-order valence-corrected chi connectivity index (χ3v) is 6.97. The predicted molar refractivity (Wildman–Crippen MR) is 152 cm³/mol. The van der Waals surface area contributed by atoms with Crippen molar-refractivity contribution in [3.05, 3.63) is 143 Å². The third kappa shape index (κ3) is 5.05. The number of nitrogens with one attached hydrogen (secondary N) is 1. The smallest absolute Gasteiger partial charge is 0.335 e. The summed E-state index contributed by atoms with van der Waals surface area (Å²) >= 11 is 0. The summed E-state index contributed by atoms with van der Waals surface area (Å²) in [5, 5.41) is 19.0. The number of nitrogens with zero attached hydrogens (tertiary/aromatic N) is 2. The Morgan fingerprint density at radius 2 is 1.55 bits per heavy atom. The summed E-state index contributed by atoms with van der Waals surface area (Å²) in [6, 6.07) is 28.8. The molecule has 2 aromatic heterocycles. The van der Waals surface area contributed by atoms with Crippen LogP contribution in [0.15, 0.2) is 109 Å². The fraction of sp³-hybridized carbons (Fsp3) is 0.0606. The van der Waals surface area contributed by atoms with Gasteiger partial charge in [-0.05, 0) is 57.8 Å². The molecule has 0 saturated carbocycles. The molecule has 7 heteroatoms. The van der Waals surface area contributed by atoms with Crippen LogP contribution in [0.3, 0.4) is 0 Å². The Bertz CT molecular complexity index is 1880. The lowest BCUT2D eigenvalue weighted by molar-refractivity contribution is 0.0696. The van der Waals surface area contributed by atoms with Gasteiger partial charge in [-0.1, -0.05) is 66.7 Å². The number of aromatic nitrogens is 2. The molecule has 6 aromatic rings. The lowest BCUT2D eigenvalue weighted by atomic mass is 9.99. The first kappa shape index (κ1) is 25.0. The van der Waals surface area contributed by atoms with Crippen LogP contribution >= 0.6 is 0 Å². The number of fused-ring (bicyclic) bond motifs is 2. The van der Waals surface area contributed by atoms with Gasteiger partial charge in [0.15, 0.2) is 0 Å². The number of aromatic carboxylic acids is 1. The van der Waals surface area contributed by atoms with Gasteiger partial charge in [0, 0.05) is 30.3 Å². The average molecular weight is 530 g/mol. The SMILES string of the molecule is O=C(O)c1ccc(CNC(=O)c2cc(-c3ccc(F)cc3)cn3ncc(Cc4ccc5ccccc5c4)c23)cc1. The normalized spacial score (nSPS) is 11.1. The van der Waals surface area contributed by atoms with E-state index in [2.05, 4.69) is 40.7 Å². The molecule has 196 valence electrons. The summed E-state index contributed by atoms with van der Waals surface area (Å²) in [5.41, 5.74) is 5.57. The molecule has 0 atom stereocenters. The number of pyridine rings is 1. The number of carboxylic acid groups (broad SMARTS) is 1. The van der Waals surface area contributed by atoms with E-state index in [9.17, 15) is 14.0 Å². The van der Waals surface area contributed by atoms with Crippen molar-refractivity contribution < 1.29 is 19.1 Å². The molecule has 1 amide bonds. The third-order valence-electron chi connectivity index (χ3n) is 6.97. The van der Waals surface area contributed by atoms with Gasteiger partial charge in [-0.15, -0.1) is 0 Å². The highest BCUT2D eigenvalue weighted by atomic mass is 19.1. The Morgan fingerprint density at radius 3 is 2.30 bits per heavy atom. The topological polar surface area (TPSA) is 83.7 Å². The maximum Gasteiger partial charge on any atom is 0.335 e. The van der Waals surface area contributed by atoms with E-state index in [0.29, 0.717) is 17.5 Å². The molecule has 0 aliphatic heterocycles. The zero-order chi connectivity index (χ0) is 27.6. The maximum absolute atomic E-state index is 13.6. The molecule has 2 heterocycles. The Kier molecular flexibility index (Phi) is 6.54. The molecule has 0 spiro atoms. The molecule has 2 N–H and O–H groups in total. The van der Waals surface area contributed by atoms with E-state index >= 15 is 0 Å². The van der Waals surface area contributed by atoms with Gasteiger partial charge >= 0.3 is 5.97 Å². The van der Waals surface area contributed by atoms with Crippen LogP contribution in [0.25, 0.3) is 27.4 Å². The fourth-order valence-electron chi connectivity index (χ4n) is 4.90. The van der Waals surface area contributed by atoms with Gasteiger partial charge in [0.1, 0.15) is 5.82 Å². The summed E-state index contributed by atoms with van der Waals surface area (Å²) in [6.07, 6.45) is 4.20. The van der Waals surface area contributed by atoms with E-state index in [1.165, 1.54) is 24.3 Å². The van der Waals surface area contributed by atoms with Crippen LogP contribution in [0, 0.1) is 5.82 Å². The van der Waals surface area contributed by atoms with Crippen LogP contribution < -0.4 is 5.32 Å². The van der Waals surface area contributed by atoms with Crippen molar-refractivity contribution in [2.75, 3.05) is 0 Å². The van der Waals surface area contributed by atoms with Crippen LogP contribution in [-0.4, -0.2) is 26.6 Å². The van der Waals surface area contributed by atoms with Crippen molar-refractivity contribution in [2.45, 2.75) is 13.0 Å². The lowest BCUT2D eigenvalue weighted by Crippen LogP contribution is -2.24. The molecule has 0 unspecified atom stereocenters. The van der Waals surface area contributed by atoms with E-state index in [-0.39, 0.29) is 23.8 Å². The van der Waals surface area contributed by atoms with Crippen molar-refractivity contribution in [3.8, 4) is 11.1 Å². The Balaban J connectivity index is 1.37. The molecule has 0 radical (unpaired) electrons. The number of hydrogen-bond acceptors (Lipinski definition) is 3. The van der Waals surface area contributed by atoms with E-state index in [4.69, 9.17) is 5.11 Å². The first-order chi connectivity index (χ1) is 19.4. The van der Waals surface area contributed by atoms with E-state index in [1.807, 2.05) is 18.3 Å². The summed E-state index contributed by atoms with van der Waals surface area (Å²) in [6.45, 7) is 0.222. The van der Waals surface area contributed by atoms with Crippen LogP contribution in [0.1, 0.15) is 37.4 Å². The van der Waals surface area contributed by atoms with Gasteiger partial charge in [-0.2, -0.15) is 5.10 Å². The zero-order valence-corrected chi connectivity index (χ0v) is 21.3. The molecule has 40 heavy (non-hydrogen) atoms. The highest BCUT2D eigenvalue weighted by Gasteiger charge is 2.18. The molecule has 4 aromatic carbocycles. The van der Waals surface area contributed by atoms with E-state index < -0.39 is 5.97 Å². The predicted octanol–water partition coefficient (Wildman–Crippen LogP) is 6.51. The largest absolute Gasteiger partial charge is 0.478 e. The van der Waals surface area contributed by atoms with Gasteiger partial charge in [-0.3, -0.25) is 4.79 Å². The quantitative estimate of drug-likeness (QED) is 0.247. The lowest BCUT2D eigenvalue weighted by Gasteiger charge is -2.12. The second-order valence-electron chi connectivity index (χ2n) is 9.66. The van der Waals surface area contributed by atoms with E-state index in [0.717, 1.165) is 38.6 Å². The van der Waals surface area contributed by atoms with Gasteiger partial charge in [0.25, 0.3) is 5.91 Å². The number of carbonyl (C=O) groups excluding carboxylic acids is 1. The highest BCUT2D eigenvalue weighted by molar-refractivity contribution is 6.02. The number of amides is 1. The minimum absolute atomic E-state index is 0.182. The van der Waals surface area contributed by atoms with Gasteiger partial charge in [0.05, 0.1) is 22.8 Å². The molecule has 0 aliphatic rings.